The molecule has 0 radical (unpaired) electrons. The van der Waals surface area contributed by atoms with Gasteiger partial charge in [0.15, 0.2) is 0 Å². The van der Waals surface area contributed by atoms with Crippen molar-refractivity contribution in [1.29, 1.82) is 0 Å². The van der Waals surface area contributed by atoms with E-state index in [1.165, 1.54) is 0 Å². The van der Waals surface area contributed by atoms with E-state index in [1.807, 2.05) is 32.6 Å². The van der Waals surface area contributed by atoms with Crippen LogP contribution in [0.4, 0.5) is 21.0 Å². The van der Waals surface area contributed by atoms with Crippen LogP contribution in [0.25, 0.3) is 0 Å². The van der Waals surface area contributed by atoms with Crippen LogP contribution in [-0.2, 0) is 0 Å². The van der Waals surface area contributed by atoms with E-state index in [9.17, 15) is 9.59 Å². The number of likely N-dealkylation sites (tertiary alicyclic amines) is 1. The molecule has 0 saturated carbocycles. The van der Waals surface area contributed by atoms with E-state index in [1.54, 1.807) is 48.5 Å². The van der Waals surface area contributed by atoms with Gasteiger partial charge in [0.25, 0.3) is 0 Å². The lowest BCUT2D eigenvalue weighted by Crippen LogP contribution is -2.67. The lowest BCUT2D eigenvalue weighted by atomic mass is 9.77. The van der Waals surface area contributed by atoms with Crippen LogP contribution in [0.15, 0.2) is 48.5 Å². The van der Waals surface area contributed by atoms with Gasteiger partial charge in [-0.15, -0.1) is 0 Å². The Morgan fingerprint density at radius 3 is 1.84 bits per heavy atom. The van der Waals surface area contributed by atoms with E-state index >= 15 is 0 Å². The molecule has 2 aromatic carbocycles. The molecule has 31 heavy (non-hydrogen) atoms. The quantitative estimate of drug-likeness (QED) is 0.495. The minimum atomic E-state index is -0.488. The summed E-state index contributed by atoms with van der Waals surface area (Å²) in [5, 5.41) is 9.93. The van der Waals surface area contributed by atoms with Gasteiger partial charge in [-0.3, -0.25) is 0 Å². The predicted octanol–water partition coefficient (Wildman–Crippen LogP) is 6.37. The van der Waals surface area contributed by atoms with E-state index < -0.39 is 11.1 Å². The minimum absolute atomic E-state index is 0.0978. The molecule has 166 valence electrons. The zero-order chi connectivity index (χ0) is 22.8. The van der Waals surface area contributed by atoms with E-state index in [4.69, 9.17) is 23.2 Å². The summed E-state index contributed by atoms with van der Waals surface area (Å²) in [6, 6.07) is 13.5. The van der Waals surface area contributed by atoms with Gasteiger partial charge in [0.1, 0.15) is 0 Å². The van der Waals surface area contributed by atoms with E-state index in [-0.39, 0.29) is 18.1 Å². The second-order valence-corrected chi connectivity index (χ2v) is 9.99. The fourth-order valence-corrected chi connectivity index (χ4v) is 4.98. The number of piperidine rings is 1. The molecule has 0 aromatic heterocycles. The first-order chi connectivity index (χ1) is 14.5. The molecule has 4 amide bonds. The average molecular weight is 463 g/mol. The molecule has 8 heteroatoms. The number of halogens is 2. The van der Waals surface area contributed by atoms with Crippen LogP contribution < -0.4 is 16.0 Å². The monoisotopic (exact) mass is 462 g/mol. The second-order valence-electron chi connectivity index (χ2n) is 9.11. The van der Waals surface area contributed by atoms with Crippen molar-refractivity contribution in [3.05, 3.63) is 58.6 Å². The highest BCUT2D eigenvalue weighted by Gasteiger charge is 2.48. The van der Waals surface area contributed by atoms with E-state index in [0.717, 1.165) is 0 Å². The maximum atomic E-state index is 13.2. The summed E-state index contributed by atoms with van der Waals surface area (Å²) >= 11 is 12.0. The average Bonchev–Trinajstić information content (AvgIpc) is 2.59. The summed E-state index contributed by atoms with van der Waals surface area (Å²) in [7, 11) is 0. The number of carbonyl (C=O) groups excluding carboxylic acids is 2. The Labute approximate surface area is 193 Å². The maximum Gasteiger partial charge on any atom is 0.322 e. The zero-order valence-electron chi connectivity index (χ0n) is 18.1. The number of urea groups is 2. The SMILES string of the molecule is CC1(C)CC(NC(=O)Nc2cccc(Cl)c2)CC(C)(C)N1C(=O)Nc1cccc(Cl)c1. The highest BCUT2D eigenvalue weighted by Crippen LogP contribution is 2.39. The van der Waals surface area contributed by atoms with Crippen molar-refractivity contribution in [2.24, 2.45) is 0 Å². The Bertz CT molecular complexity index is 960. The van der Waals surface area contributed by atoms with Crippen molar-refractivity contribution in [1.82, 2.24) is 10.2 Å². The molecule has 0 unspecified atom stereocenters. The van der Waals surface area contributed by atoms with E-state index in [0.29, 0.717) is 34.3 Å². The minimum Gasteiger partial charge on any atom is -0.335 e. The highest BCUT2D eigenvalue weighted by molar-refractivity contribution is 6.31. The molecule has 3 rings (SSSR count). The fraction of sp³-hybridized carbons (Fsp3) is 0.391. The molecular weight excluding hydrogens is 435 g/mol. The number of hydrogen-bond acceptors (Lipinski definition) is 2. The van der Waals surface area contributed by atoms with Crippen molar-refractivity contribution < 1.29 is 9.59 Å². The van der Waals surface area contributed by atoms with Gasteiger partial charge in [-0.2, -0.15) is 0 Å². The van der Waals surface area contributed by atoms with Crippen molar-refractivity contribution in [2.75, 3.05) is 10.6 Å². The standard InChI is InChI=1S/C23H28Cl2N4O2/c1-22(2)13-19(27-20(30)26-17-9-5-7-15(24)11-17)14-23(3,4)29(22)21(31)28-18-10-6-8-16(25)12-18/h5-12,19H,13-14H2,1-4H3,(H,28,31)(H2,26,27,30). The first-order valence-corrected chi connectivity index (χ1v) is 10.9. The van der Waals surface area contributed by atoms with Crippen molar-refractivity contribution in [3.63, 3.8) is 0 Å². The molecule has 1 saturated heterocycles. The highest BCUT2D eigenvalue weighted by atomic mass is 35.5. The third kappa shape index (κ3) is 5.83. The van der Waals surface area contributed by atoms with E-state index in [2.05, 4.69) is 16.0 Å². The van der Waals surface area contributed by atoms with Crippen LogP contribution in [0.1, 0.15) is 40.5 Å². The van der Waals surface area contributed by atoms with Gasteiger partial charge in [0.2, 0.25) is 0 Å². The van der Waals surface area contributed by atoms with Gasteiger partial charge in [-0.05, 0) is 76.9 Å². The molecule has 0 bridgehead atoms. The molecule has 0 spiro atoms. The Hall–Kier alpha value is -2.44. The summed E-state index contributed by atoms with van der Waals surface area (Å²) in [6.45, 7) is 8.04. The number of anilines is 2. The molecule has 3 N–H and O–H groups in total. The molecular formula is C23H28Cl2N4O2. The van der Waals surface area contributed by atoms with Crippen LogP contribution in [0.3, 0.4) is 0 Å². The summed E-state index contributed by atoms with van der Waals surface area (Å²) in [6.07, 6.45) is 1.23. The number of rotatable bonds is 3. The van der Waals surface area contributed by atoms with Crippen LogP contribution in [0, 0.1) is 0 Å². The Kier molecular flexibility index (Phi) is 6.72. The molecule has 1 heterocycles. The first-order valence-electron chi connectivity index (χ1n) is 10.2. The van der Waals surface area contributed by atoms with Gasteiger partial charge >= 0.3 is 12.1 Å². The molecule has 1 fully saturated rings. The summed E-state index contributed by atoms with van der Waals surface area (Å²) in [5.41, 5.74) is 0.295. The van der Waals surface area contributed by atoms with Crippen LogP contribution >= 0.6 is 23.2 Å². The number of nitrogens with one attached hydrogen (secondary N) is 3. The Balaban J connectivity index is 1.68. The van der Waals surface area contributed by atoms with Crippen molar-refractivity contribution in [2.45, 2.75) is 57.7 Å². The molecule has 2 aromatic rings. The zero-order valence-corrected chi connectivity index (χ0v) is 19.6. The Morgan fingerprint density at radius 2 is 1.35 bits per heavy atom. The van der Waals surface area contributed by atoms with Crippen LogP contribution in [-0.4, -0.2) is 34.1 Å². The van der Waals surface area contributed by atoms with Gasteiger partial charge in [0, 0.05) is 38.5 Å². The molecule has 0 aliphatic carbocycles. The van der Waals surface area contributed by atoms with Crippen LogP contribution in [0.2, 0.25) is 10.0 Å². The lowest BCUT2D eigenvalue weighted by Gasteiger charge is -2.55. The lowest BCUT2D eigenvalue weighted by molar-refractivity contribution is 0.00426. The number of amides is 4. The third-order valence-electron chi connectivity index (χ3n) is 5.40. The number of nitrogens with zero attached hydrogens (tertiary/aromatic N) is 1. The van der Waals surface area contributed by atoms with Crippen molar-refractivity contribution >= 4 is 46.6 Å². The topological polar surface area (TPSA) is 73.5 Å². The largest absolute Gasteiger partial charge is 0.335 e. The fourth-order valence-electron chi connectivity index (χ4n) is 4.60. The summed E-state index contributed by atoms with van der Waals surface area (Å²) in [4.78, 5) is 27.6. The van der Waals surface area contributed by atoms with Gasteiger partial charge in [-0.25, -0.2) is 9.59 Å². The van der Waals surface area contributed by atoms with Crippen LogP contribution in [0.5, 0.6) is 0 Å². The number of benzene rings is 2. The van der Waals surface area contributed by atoms with Crippen molar-refractivity contribution in [3.8, 4) is 0 Å². The van der Waals surface area contributed by atoms with Gasteiger partial charge in [-0.1, -0.05) is 35.3 Å². The second kappa shape index (κ2) is 8.97. The third-order valence-corrected chi connectivity index (χ3v) is 5.87. The molecule has 1 aliphatic heterocycles. The van der Waals surface area contributed by atoms with Gasteiger partial charge < -0.3 is 20.9 Å². The molecule has 1 aliphatic rings. The molecule has 6 nitrogen and oxygen atoms in total. The smallest absolute Gasteiger partial charge is 0.322 e. The first kappa shape index (κ1) is 23.2. The Morgan fingerprint density at radius 1 is 0.871 bits per heavy atom. The number of carbonyl (C=O) groups is 2. The van der Waals surface area contributed by atoms with Gasteiger partial charge in [0.05, 0.1) is 0 Å². The number of hydrogen-bond donors (Lipinski definition) is 3. The molecule has 0 atom stereocenters. The summed E-state index contributed by atoms with van der Waals surface area (Å²) in [5.74, 6) is 0. The predicted molar refractivity (Wildman–Crippen MR) is 127 cm³/mol. The normalized spacial score (nSPS) is 17.7. The maximum absolute atomic E-state index is 13.2. The summed E-state index contributed by atoms with van der Waals surface area (Å²) < 4.78 is 0.